The second-order valence-corrected chi connectivity index (χ2v) is 5.89. The number of aliphatic hydroxyl groups is 1. The molecule has 0 bridgehead atoms. The molecule has 0 radical (unpaired) electrons. The highest BCUT2D eigenvalue weighted by Crippen LogP contribution is 2.23. The van der Waals surface area contributed by atoms with Crippen molar-refractivity contribution in [2.75, 3.05) is 19.7 Å². The van der Waals surface area contributed by atoms with Crippen LogP contribution >= 0.6 is 0 Å². The van der Waals surface area contributed by atoms with Crippen LogP contribution in [0.25, 0.3) is 0 Å². The quantitative estimate of drug-likeness (QED) is 0.852. The van der Waals surface area contributed by atoms with Crippen LogP contribution in [0.4, 0.5) is 0 Å². The number of piperazine rings is 1. The van der Waals surface area contributed by atoms with Gasteiger partial charge in [0.25, 0.3) is 0 Å². The Labute approximate surface area is 110 Å². The maximum atomic E-state index is 9.53. The van der Waals surface area contributed by atoms with Gasteiger partial charge in [0.2, 0.25) is 0 Å². The van der Waals surface area contributed by atoms with E-state index in [4.69, 9.17) is 0 Å². The molecule has 0 saturated carbocycles. The van der Waals surface area contributed by atoms with Crippen LogP contribution < -0.4 is 5.32 Å². The molecule has 18 heavy (non-hydrogen) atoms. The number of aliphatic hydroxyl groups excluding tert-OH is 1. The van der Waals surface area contributed by atoms with Gasteiger partial charge in [0, 0.05) is 31.2 Å². The van der Waals surface area contributed by atoms with Crippen molar-refractivity contribution >= 4 is 0 Å². The van der Waals surface area contributed by atoms with E-state index in [0.717, 1.165) is 19.6 Å². The van der Waals surface area contributed by atoms with Gasteiger partial charge in [0.15, 0.2) is 0 Å². The molecular weight excluding hydrogens is 224 g/mol. The maximum Gasteiger partial charge on any atom is 0.0599 e. The third-order valence-electron chi connectivity index (χ3n) is 3.84. The van der Waals surface area contributed by atoms with Crippen molar-refractivity contribution in [3.63, 3.8) is 0 Å². The Morgan fingerprint density at radius 3 is 2.61 bits per heavy atom. The summed E-state index contributed by atoms with van der Waals surface area (Å²) in [6, 6.07) is 8.87. The van der Waals surface area contributed by atoms with Crippen molar-refractivity contribution < 1.29 is 5.11 Å². The monoisotopic (exact) mass is 248 g/mol. The summed E-state index contributed by atoms with van der Waals surface area (Å²) < 4.78 is 0. The van der Waals surface area contributed by atoms with Gasteiger partial charge in [-0.1, -0.05) is 29.8 Å². The Morgan fingerprint density at radius 2 is 2.00 bits per heavy atom. The average Bonchev–Trinajstić information content (AvgIpc) is 2.34. The summed E-state index contributed by atoms with van der Waals surface area (Å²) >= 11 is 0. The van der Waals surface area contributed by atoms with E-state index < -0.39 is 0 Å². The lowest BCUT2D eigenvalue weighted by Gasteiger charge is -2.47. The lowest BCUT2D eigenvalue weighted by Crippen LogP contribution is -2.63. The lowest BCUT2D eigenvalue weighted by atomic mass is 9.95. The van der Waals surface area contributed by atoms with E-state index in [9.17, 15) is 5.11 Å². The molecule has 1 aromatic carbocycles. The predicted octanol–water partition coefficient (Wildman–Crippen LogP) is 1.54. The number of aryl methyl sites for hydroxylation is 1. The zero-order valence-electron chi connectivity index (χ0n) is 11.6. The van der Waals surface area contributed by atoms with Gasteiger partial charge in [-0.2, -0.15) is 0 Å². The van der Waals surface area contributed by atoms with Crippen LogP contribution in [0, 0.1) is 6.92 Å². The van der Waals surface area contributed by atoms with Gasteiger partial charge in [0.05, 0.1) is 6.61 Å². The highest BCUT2D eigenvalue weighted by Gasteiger charge is 2.35. The molecule has 0 aliphatic carbocycles. The molecule has 2 rings (SSSR count). The molecule has 1 heterocycles. The summed E-state index contributed by atoms with van der Waals surface area (Å²) in [5.74, 6) is 0. The lowest BCUT2D eigenvalue weighted by molar-refractivity contribution is 0.00271. The molecule has 0 spiro atoms. The van der Waals surface area contributed by atoms with Crippen molar-refractivity contribution in [1.82, 2.24) is 10.2 Å². The minimum absolute atomic E-state index is 0.0799. The molecule has 1 unspecified atom stereocenters. The molecule has 0 aromatic heterocycles. The van der Waals surface area contributed by atoms with Crippen molar-refractivity contribution in [2.24, 2.45) is 0 Å². The molecule has 1 fully saturated rings. The normalized spacial score (nSPS) is 24.1. The largest absolute Gasteiger partial charge is 0.395 e. The first-order valence-corrected chi connectivity index (χ1v) is 6.67. The van der Waals surface area contributed by atoms with Gasteiger partial charge in [-0.3, -0.25) is 4.90 Å². The van der Waals surface area contributed by atoms with Crippen LogP contribution in [0.1, 0.15) is 25.0 Å². The van der Waals surface area contributed by atoms with E-state index in [1.807, 2.05) is 0 Å². The Morgan fingerprint density at radius 1 is 1.33 bits per heavy atom. The third kappa shape index (κ3) is 2.91. The molecule has 3 heteroatoms. The summed E-state index contributed by atoms with van der Waals surface area (Å²) in [4.78, 5) is 2.41. The van der Waals surface area contributed by atoms with Crippen molar-refractivity contribution in [3.05, 3.63) is 35.4 Å². The molecule has 100 valence electrons. The van der Waals surface area contributed by atoms with E-state index in [1.165, 1.54) is 11.1 Å². The summed E-state index contributed by atoms with van der Waals surface area (Å²) in [7, 11) is 0. The first kappa shape index (κ1) is 13.5. The van der Waals surface area contributed by atoms with Crippen LogP contribution in [-0.2, 0) is 6.54 Å². The SMILES string of the molecule is Cc1ccc(CN2C(CO)CNCC2(C)C)cc1. The molecule has 3 nitrogen and oxygen atoms in total. The van der Waals surface area contributed by atoms with E-state index >= 15 is 0 Å². The zero-order valence-corrected chi connectivity index (χ0v) is 11.6. The van der Waals surface area contributed by atoms with Gasteiger partial charge in [-0.15, -0.1) is 0 Å². The highest BCUT2D eigenvalue weighted by molar-refractivity contribution is 5.21. The fraction of sp³-hybridized carbons (Fsp3) is 0.600. The molecule has 0 amide bonds. The minimum Gasteiger partial charge on any atom is -0.395 e. The van der Waals surface area contributed by atoms with Gasteiger partial charge in [-0.25, -0.2) is 0 Å². The minimum atomic E-state index is 0.0799. The van der Waals surface area contributed by atoms with E-state index in [2.05, 4.69) is 55.3 Å². The van der Waals surface area contributed by atoms with Gasteiger partial charge >= 0.3 is 0 Å². The van der Waals surface area contributed by atoms with Gasteiger partial charge < -0.3 is 10.4 Å². The van der Waals surface area contributed by atoms with Crippen LogP contribution in [0.3, 0.4) is 0 Å². The second-order valence-electron chi connectivity index (χ2n) is 5.89. The molecule has 1 saturated heterocycles. The molecule has 1 atom stereocenters. The summed E-state index contributed by atoms with van der Waals surface area (Å²) in [5, 5.41) is 12.9. The summed E-state index contributed by atoms with van der Waals surface area (Å²) in [5.41, 5.74) is 2.68. The van der Waals surface area contributed by atoms with Crippen LogP contribution in [-0.4, -0.2) is 41.3 Å². The third-order valence-corrected chi connectivity index (χ3v) is 3.84. The van der Waals surface area contributed by atoms with Gasteiger partial charge in [0.1, 0.15) is 0 Å². The van der Waals surface area contributed by atoms with E-state index in [-0.39, 0.29) is 18.2 Å². The Hall–Kier alpha value is -0.900. The number of nitrogens with zero attached hydrogens (tertiary/aromatic N) is 1. The summed E-state index contributed by atoms with van der Waals surface area (Å²) in [6.45, 7) is 9.52. The second kappa shape index (κ2) is 5.39. The predicted molar refractivity (Wildman–Crippen MR) is 74.5 cm³/mol. The van der Waals surface area contributed by atoms with Crippen molar-refractivity contribution in [1.29, 1.82) is 0 Å². The van der Waals surface area contributed by atoms with Crippen molar-refractivity contribution in [3.8, 4) is 0 Å². The van der Waals surface area contributed by atoms with E-state index in [0.29, 0.717) is 0 Å². The number of rotatable bonds is 3. The smallest absolute Gasteiger partial charge is 0.0599 e. The van der Waals surface area contributed by atoms with Crippen LogP contribution in [0.15, 0.2) is 24.3 Å². The fourth-order valence-corrected chi connectivity index (χ4v) is 2.65. The molecule has 1 aromatic rings. The fourth-order valence-electron chi connectivity index (χ4n) is 2.65. The average molecular weight is 248 g/mol. The summed E-state index contributed by atoms with van der Waals surface area (Å²) in [6.07, 6.45) is 0. The first-order chi connectivity index (χ1) is 8.53. The Bertz CT molecular complexity index is 386. The van der Waals surface area contributed by atoms with E-state index in [1.54, 1.807) is 0 Å². The molecular formula is C15H24N2O. The van der Waals surface area contributed by atoms with Crippen LogP contribution in [0.5, 0.6) is 0 Å². The first-order valence-electron chi connectivity index (χ1n) is 6.67. The molecule has 1 aliphatic rings. The number of benzene rings is 1. The Balaban J connectivity index is 2.15. The number of hydrogen-bond acceptors (Lipinski definition) is 3. The maximum absolute atomic E-state index is 9.53. The number of hydrogen-bond donors (Lipinski definition) is 2. The number of nitrogens with one attached hydrogen (secondary N) is 1. The van der Waals surface area contributed by atoms with Gasteiger partial charge in [-0.05, 0) is 26.3 Å². The highest BCUT2D eigenvalue weighted by atomic mass is 16.3. The zero-order chi connectivity index (χ0) is 13.2. The molecule has 2 N–H and O–H groups in total. The topological polar surface area (TPSA) is 35.5 Å². The Kier molecular flexibility index (Phi) is 4.05. The molecule has 1 aliphatic heterocycles. The van der Waals surface area contributed by atoms with Crippen LogP contribution in [0.2, 0.25) is 0 Å². The van der Waals surface area contributed by atoms with Crippen molar-refractivity contribution in [2.45, 2.75) is 38.9 Å². The standard InChI is InChI=1S/C15H24N2O/c1-12-4-6-13(7-5-12)9-17-14(10-18)8-16-11-15(17,2)3/h4-7,14,16,18H,8-11H2,1-3H3.